The number of nitrogens with zero attached hydrogens (tertiary/aromatic N) is 1. The fraction of sp³-hybridized carbons (Fsp3) is 0.421. The molecule has 0 spiro atoms. The standard InChI is InChI=1S/C38H50N2O4/c1-9-24-40(29(5)31-18-14-11-15-19-31)35(26-37(42)44-38(6,7)8)33-22-20-32(21-23-33)34(25-36(41)43-27(2)3)39-28(4)30-16-12-10-13-17-30/h9-23,27-29,34-35,39H,1,24-26H2,2-8H3/t28-,29-,34+,35+/m1/s1. The SMILES string of the molecule is C=CCN([C@H](C)c1ccccc1)[C@@H](CC(=O)OC(C)(C)C)c1ccc([C@H](CC(=O)OC(C)C)N[C@H](C)c2ccccc2)cc1. The van der Waals surface area contributed by atoms with E-state index in [4.69, 9.17) is 9.47 Å². The monoisotopic (exact) mass is 598 g/mol. The van der Waals surface area contributed by atoms with Crippen LogP contribution < -0.4 is 5.32 Å². The molecule has 0 aromatic heterocycles. The number of carbonyl (C=O) groups is 2. The van der Waals surface area contributed by atoms with Crippen molar-refractivity contribution in [1.29, 1.82) is 0 Å². The first-order chi connectivity index (χ1) is 20.9. The Hall–Kier alpha value is -3.74. The van der Waals surface area contributed by atoms with Gasteiger partial charge in [0.15, 0.2) is 0 Å². The molecule has 6 nitrogen and oxygen atoms in total. The summed E-state index contributed by atoms with van der Waals surface area (Å²) < 4.78 is 11.3. The third-order valence-corrected chi connectivity index (χ3v) is 7.51. The van der Waals surface area contributed by atoms with Gasteiger partial charge in [-0.1, -0.05) is 91.0 Å². The topological polar surface area (TPSA) is 67.9 Å². The smallest absolute Gasteiger partial charge is 0.308 e. The molecule has 0 aliphatic heterocycles. The van der Waals surface area contributed by atoms with Gasteiger partial charge >= 0.3 is 11.9 Å². The molecule has 0 radical (unpaired) electrons. The quantitative estimate of drug-likeness (QED) is 0.140. The Morgan fingerprint density at radius 3 is 1.84 bits per heavy atom. The first-order valence-corrected chi connectivity index (χ1v) is 15.6. The zero-order valence-corrected chi connectivity index (χ0v) is 27.5. The summed E-state index contributed by atoms with van der Waals surface area (Å²) in [6, 6.07) is 28.2. The van der Waals surface area contributed by atoms with Crippen LogP contribution in [0.1, 0.15) is 108 Å². The van der Waals surface area contributed by atoms with Crippen molar-refractivity contribution in [3.63, 3.8) is 0 Å². The molecular weight excluding hydrogens is 548 g/mol. The lowest BCUT2D eigenvalue weighted by molar-refractivity contribution is -0.156. The van der Waals surface area contributed by atoms with Crippen molar-refractivity contribution in [2.75, 3.05) is 6.54 Å². The Balaban J connectivity index is 1.97. The number of nitrogens with one attached hydrogen (secondary N) is 1. The molecule has 6 heteroatoms. The molecule has 44 heavy (non-hydrogen) atoms. The van der Waals surface area contributed by atoms with Crippen LogP contribution in [-0.4, -0.2) is 35.1 Å². The summed E-state index contributed by atoms with van der Waals surface area (Å²) >= 11 is 0. The van der Waals surface area contributed by atoms with E-state index in [0.717, 1.165) is 22.3 Å². The molecule has 236 valence electrons. The van der Waals surface area contributed by atoms with E-state index in [1.165, 1.54) is 0 Å². The van der Waals surface area contributed by atoms with Crippen molar-refractivity contribution in [2.24, 2.45) is 0 Å². The number of hydrogen-bond acceptors (Lipinski definition) is 6. The summed E-state index contributed by atoms with van der Waals surface area (Å²) in [5.74, 6) is -0.507. The molecule has 0 bridgehead atoms. The van der Waals surface area contributed by atoms with Gasteiger partial charge in [-0.15, -0.1) is 6.58 Å². The van der Waals surface area contributed by atoms with Crippen molar-refractivity contribution in [1.82, 2.24) is 10.2 Å². The lowest BCUT2D eigenvalue weighted by atomic mass is 9.94. The van der Waals surface area contributed by atoms with Crippen molar-refractivity contribution >= 4 is 11.9 Å². The highest BCUT2D eigenvalue weighted by Gasteiger charge is 2.30. The molecule has 0 aliphatic rings. The van der Waals surface area contributed by atoms with E-state index in [1.54, 1.807) is 0 Å². The zero-order valence-electron chi connectivity index (χ0n) is 27.5. The van der Waals surface area contributed by atoms with Crippen LogP contribution >= 0.6 is 0 Å². The minimum atomic E-state index is -0.585. The fourth-order valence-corrected chi connectivity index (χ4v) is 5.44. The highest BCUT2D eigenvalue weighted by Crippen LogP contribution is 2.35. The summed E-state index contributed by atoms with van der Waals surface area (Å²) in [6.07, 6.45) is 2.08. The van der Waals surface area contributed by atoms with Crippen molar-refractivity contribution in [3.8, 4) is 0 Å². The van der Waals surface area contributed by atoms with E-state index in [9.17, 15) is 9.59 Å². The second-order valence-electron chi connectivity index (χ2n) is 12.6. The predicted molar refractivity (Wildman–Crippen MR) is 178 cm³/mol. The van der Waals surface area contributed by atoms with Crippen LogP contribution in [0.3, 0.4) is 0 Å². The van der Waals surface area contributed by atoms with Gasteiger partial charge in [0.2, 0.25) is 0 Å². The number of ether oxygens (including phenoxy) is 2. The summed E-state index contributed by atoms with van der Waals surface area (Å²) in [5.41, 5.74) is 3.67. The Labute approximate surface area is 264 Å². The fourth-order valence-electron chi connectivity index (χ4n) is 5.44. The Morgan fingerprint density at radius 2 is 1.32 bits per heavy atom. The number of rotatable bonds is 15. The van der Waals surface area contributed by atoms with E-state index in [0.29, 0.717) is 6.54 Å². The maximum Gasteiger partial charge on any atom is 0.308 e. The van der Waals surface area contributed by atoms with Crippen molar-refractivity contribution < 1.29 is 19.1 Å². The van der Waals surface area contributed by atoms with Gasteiger partial charge in [0.05, 0.1) is 18.9 Å². The van der Waals surface area contributed by atoms with Gasteiger partial charge in [-0.3, -0.25) is 14.5 Å². The Morgan fingerprint density at radius 1 is 0.773 bits per heavy atom. The van der Waals surface area contributed by atoms with E-state index in [-0.39, 0.29) is 55.1 Å². The zero-order chi connectivity index (χ0) is 32.3. The average Bonchev–Trinajstić information content (AvgIpc) is 2.98. The lowest BCUT2D eigenvalue weighted by Crippen LogP contribution is -2.35. The molecule has 0 amide bonds. The molecule has 0 saturated heterocycles. The number of benzene rings is 3. The molecule has 0 unspecified atom stereocenters. The molecule has 0 fully saturated rings. The van der Waals surface area contributed by atoms with E-state index < -0.39 is 5.60 Å². The number of esters is 2. The first-order valence-electron chi connectivity index (χ1n) is 15.6. The molecule has 3 rings (SSSR count). The normalized spacial score (nSPS) is 14.5. The molecule has 3 aromatic carbocycles. The molecule has 1 N–H and O–H groups in total. The van der Waals surface area contributed by atoms with Gasteiger partial charge in [-0.05, 0) is 70.7 Å². The number of hydrogen-bond donors (Lipinski definition) is 1. The van der Waals surface area contributed by atoms with Gasteiger partial charge < -0.3 is 14.8 Å². The van der Waals surface area contributed by atoms with Gasteiger partial charge in [0, 0.05) is 30.7 Å². The van der Waals surface area contributed by atoms with Crippen LogP contribution in [-0.2, 0) is 19.1 Å². The van der Waals surface area contributed by atoms with Crippen LogP contribution in [0.4, 0.5) is 0 Å². The summed E-state index contributed by atoms with van der Waals surface area (Å²) in [7, 11) is 0. The summed E-state index contributed by atoms with van der Waals surface area (Å²) in [4.78, 5) is 28.3. The maximum atomic E-state index is 13.2. The average molecular weight is 599 g/mol. The van der Waals surface area contributed by atoms with E-state index in [1.807, 2.05) is 77.1 Å². The van der Waals surface area contributed by atoms with Crippen LogP contribution in [0.2, 0.25) is 0 Å². The van der Waals surface area contributed by atoms with Crippen molar-refractivity contribution in [2.45, 2.75) is 97.2 Å². The second kappa shape index (κ2) is 16.4. The third-order valence-electron chi connectivity index (χ3n) is 7.51. The minimum absolute atomic E-state index is 0.0162. The van der Waals surface area contributed by atoms with E-state index >= 15 is 0 Å². The first kappa shape index (κ1) is 34.7. The van der Waals surface area contributed by atoms with Crippen LogP contribution in [0.25, 0.3) is 0 Å². The lowest BCUT2D eigenvalue weighted by Gasteiger charge is -2.36. The molecule has 3 aromatic rings. The summed E-state index contributed by atoms with van der Waals surface area (Å²) in [5, 5.41) is 3.64. The van der Waals surface area contributed by atoms with Gasteiger partial charge in [-0.25, -0.2) is 0 Å². The van der Waals surface area contributed by atoms with Crippen LogP contribution in [0.5, 0.6) is 0 Å². The molecular formula is C38H50N2O4. The maximum absolute atomic E-state index is 13.2. The van der Waals surface area contributed by atoms with Crippen molar-refractivity contribution in [3.05, 3.63) is 120 Å². The minimum Gasteiger partial charge on any atom is -0.463 e. The van der Waals surface area contributed by atoms with Gasteiger partial charge in [0.1, 0.15) is 5.60 Å². The molecule has 0 heterocycles. The highest BCUT2D eigenvalue weighted by atomic mass is 16.6. The Kier molecular flexibility index (Phi) is 12.9. The second-order valence-corrected chi connectivity index (χ2v) is 12.6. The molecule has 0 saturated carbocycles. The van der Waals surface area contributed by atoms with Crippen LogP contribution in [0.15, 0.2) is 97.6 Å². The highest BCUT2D eigenvalue weighted by molar-refractivity contribution is 5.71. The van der Waals surface area contributed by atoms with E-state index in [2.05, 4.69) is 79.2 Å². The number of carbonyl (C=O) groups excluding carboxylic acids is 2. The predicted octanol–water partition coefficient (Wildman–Crippen LogP) is 8.44. The Bertz CT molecular complexity index is 1320. The third kappa shape index (κ3) is 10.8. The molecule has 4 atom stereocenters. The van der Waals surface area contributed by atoms with Crippen LogP contribution in [0, 0.1) is 0 Å². The van der Waals surface area contributed by atoms with Gasteiger partial charge in [-0.2, -0.15) is 0 Å². The van der Waals surface area contributed by atoms with Gasteiger partial charge in [0.25, 0.3) is 0 Å². The molecule has 0 aliphatic carbocycles. The summed E-state index contributed by atoms with van der Waals surface area (Å²) in [6.45, 7) is 18.2. The largest absolute Gasteiger partial charge is 0.463 e.